The first-order valence-electron chi connectivity index (χ1n) is 6.34. The molecule has 0 bridgehead atoms. The number of hydrogen-bond donors (Lipinski definition) is 2. The molecule has 0 radical (unpaired) electrons. The molecule has 1 fully saturated rings. The number of hydrogen-bond acceptors (Lipinski definition) is 4. The SMILES string of the molecule is CC(NCC1CCC(=O)N1)c1ccccc1[N+](=O)[O-]. The molecule has 6 heteroatoms. The van der Waals surface area contributed by atoms with Crippen molar-refractivity contribution in [2.75, 3.05) is 6.54 Å². The van der Waals surface area contributed by atoms with Crippen molar-refractivity contribution in [1.29, 1.82) is 0 Å². The maximum atomic E-state index is 11.1. The van der Waals surface area contributed by atoms with Crippen LogP contribution < -0.4 is 10.6 Å². The van der Waals surface area contributed by atoms with Gasteiger partial charge in [0.25, 0.3) is 5.69 Å². The second-order valence-electron chi connectivity index (χ2n) is 4.75. The molecule has 19 heavy (non-hydrogen) atoms. The number of nitro groups is 1. The van der Waals surface area contributed by atoms with Gasteiger partial charge in [0.15, 0.2) is 0 Å². The molecule has 0 spiro atoms. The largest absolute Gasteiger partial charge is 0.352 e. The summed E-state index contributed by atoms with van der Waals surface area (Å²) in [6, 6.07) is 6.70. The van der Waals surface area contributed by atoms with E-state index < -0.39 is 0 Å². The van der Waals surface area contributed by atoms with E-state index in [0.717, 1.165) is 6.42 Å². The highest BCUT2D eigenvalue weighted by Crippen LogP contribution is 2.24. The Hall–Kier alpha value is -1.95. The Bertz CT molecular complexity index is 490. The van der Waals surface area contributed by atoms with Crippen LogP contribution in [-0.4, -0.2) is 23.4 Å². The maximum Gasteiger partial charge on any atom is 0.274 e. The van der Waals surface area contributed by atoms with Crippen LogP contribution in [0.25, 0.3) is 0 Å². The lowest BCUT2D eigenvalue weighted by Gasteiger charge is -2.17. The minimum Gasteiger partial charge on any atom is -0.352 e. The fourth-order valence-electron chi connectivity index (χ4n) is 2.28. The molecule has 2 atom stereocenters. The molecule has 1 heterocycles. The molecular weight excluding hydrogens is 246 g/mol. The molecule has 0 aliphatic carbocycles. The van der Waals surface area contributed by atoms with Crippen molar-refractivity contribution in [3.05, 3.63) is 39.9 Å². The summed E-state index contributed by atoms with van der Waals surface area (Å²) in [5.74, 6) is 0.0742. The second kappa shape index (κ2) is 5.79. The molecular formula is C13H17N3O3. The lowest BCUT2D eigenvalue weighted by atomic mass is 10.1. The van der Waals surface area contributed by atoms with Crippen LogP contribution in [0.2, 0.25) is 0 Å². The van der Waals surface area contributed by atoms with Gasteiger partial charge in [0.1, 0.15) is 0 Å². The summed E-state index contributed by atoms with van der Waals surface area (Å²) in [7, 11) is 0. The number of carbonyl (C=O) groups excluding carboxylic acids is 1. The molecule has 102 valence electrons. The van der Waals surface area contributed by atoms with Crippen LogP contribution in [0.4, 0.5) is 5.69 Å². The van der Waals surface area contributed by atoms with Crippen molar-refractivity contribution in [3.63, 3.8) is 0 Å². The van der Waals surface area contributed by atoms with E-state index in [-0.39, 0.29) is 28.6 Å². The number of nitro benzene ring substituents is 1. The molecule has 0 aromatic heterocycles. The van der Waals surface area contributed by atoms with Gasteiger partial charge >= 0.3 is 0 Å². The zero-order valence-corrected chi connectivity index (χ0v) is 10.8. The van der Waals surface area contributed by atoms with E-state index in [2.05, 4.69) is 10.6 Å². The standard InChI is InChI=1S/C13H17N3O3/c1-9(14-8-10-6-7-13(17)15-10)11-4-2-3-5-12(11)16(18)19/h2-5,9-10,14H,6-8H2,1H3,(H,15,17). The molecule has 2 N–H and O–H groups in total. The van der Waals surface area contributed by atoms with E-state index in [1.165, 1.54) is 6.07 Å². The first-order chi connectivity index (χ1) is 9.08. The molecule has 1 aliphatic heterocycles. The quantitative estimate of drug-likeness (QED) is 0.623. The number of carbonyl (C=O) groups is 1. The summed E-state index contributed by atoms with van der Waals surface area (Å²) in [5, 5.41) is 17.1. The van der Waals surface area contributed by atoms with Crippen molar-refractivity contribution in [2.24, 2.45) is 0 Å². The molecule has 2 rings (SSSR count). The summed E-state index contributed by atoms with van der Waals surface area (Å²) < 4.78 is 0. The third-order valence-corrected chi connectivity index (χ3v) is 3.36. The van der Waals surface area contributed by atoms with Gasteiger partial charge in [0.05, 0.1) is 4.92 Å². The number of amides is 1. The maximum absolute atomic E-state index is 11.1. The Labute approximate surface area is 111 Å². The number of nitrogens with zero attached hydrogens (tertiary/aromatic N) is 1. The Morgan fingerprint density at radius 3 is 2.89 bits per heavy atom. The van der Waals surface area contributed by atoms with Crippen molar-refractivity contribution >= 4 is 11.6 Å². The number of rotatable bonds is 5. The average Bonchev–Trinajstić information content (AvgIpc) is 2.81. The smallest absolute Gasteiger partial charge is 0.274 e. The highest BCUT2D eigenvalue weighted by atomic mass is 16.6. The second-order valence-corrected chi connectivity index (χ2v) is 4.75. The van der Waals surface area contributed by atoms with Gasteiger partial charge in [0, 0.05) is 36.7 Å². The third kappa shape index (κ3) is 3.29. The molecule has 1 amide bonds. The van der Waals surface area contributed by atoms with Crippen LogP contribution in [0.15, 0.2) is 24.3 Å². The highest BCUT2D eigenvalue weighted by molar-refractivity contribution is 5.78. The summed E-state index contributed by atoms with van der Waals surface area (Å²) in [6.07, 6.45) is 1.38. The fraction of sp³-hybridized carbons (Fsp3) is 0.462. The molecule has 1 saturated heterocycles. The molecule has 2 unspecified atom stereocenters. The third-order valence-electron chi connectivity index (χ3n) is 3.36. The Balaban J connectivity index is 1.98. The van der Waals surface area contributed by atoms with Crippen LogP contribution in [-0.2, 0) is 4.79 Å². The summed E-state index contributed by atoms with van der Waals surface area (Å²) in [4.78, 5) is 21.7. The van der Waals surface area contributed by atoms with Crippen LogP contribution in [0.3, 0.4) is 0 Å². The number of nitrogens with one attached hydrogen (secondary N) is 2. The highest BCUT2D eigenvalue weighted by Gasteiger charge is 2.22. The zero-order valence-electron chi connectivity index (χ0n) is 10.8. The van der Waals surface area contributed by atoms with E-state index >= 15 is 0 Å². The number of benzene rings is 1. The van der Waals surface area contributed by atoms with Gasteiger partial charge in [-0.05, 0) is 13.3 Å². The van der Waals surface area contributed by atoms with Crippen molar-refractivity contribution in [2.45, 2.75) is 31.8 Å². The van der Waals surface area contributed by atoms with E-state index in [4.69, 9.17) is 0 Å². The van der Waals surface area contributed by atoms with Crippen LogP contribution in [0.1, 0.15) is 31.4 Å². The van der Waals surface area contributed by atoms with E-state index in [9.17, 15) is 14.9 Å². The van der Waals surface area contributed by atoms with Crippen LogP contribution in [0.5, 0.6) is 0 Å². The van der Waals surface area contributed by atoms with Gasteiger partial charge in [-0.3, -0.25) is 14.9 Å². The lowest BCUT2D eigenvalue weighted by Crippen LogP contribution is -2.36. The topological polar surface area (TPSA) is 84.3 Å². The van der Waals surface area contributed by atoms with Gasteiger partial charge in [-0.1, -0.05) is 18.2 Å². The van der Waals surface area contributed by atoms with Gasteiger partial charge in [-0.15, -0.1) is 0 Å². The lowest BCUT2D eigenvalue weighted by molar-refractivity contribution is -0.385. The Kier molecular flexibility index (Phi) is 4.11. The first-order valence-corrected chi connectivity index (χ1v) is 6.34. The molecule has 1 aliphatic rings. The summed E-state index contributed by atoms with van der Waals surface area (Å²) in [6.45, 7) is 2.51. The molecule has 0 saturated carbocycles. The minimum absolute atomic E-state index is 0.0742. The predicted octanol–water partition coefficient (Wildman–Crippen LogP) is 1.52. The monoisotopic (exact) mass is 263 g/mol. The molecule has 1 aromatic rings. The first kappa shape index (κ1) is 13.5. The Morgan fingerprint density at radius 1 is 1.53 bits per heavy atom. The average molecular weight is 263 g/mol. The molecule has 6 nitrogen and oxygen atoms in total. The van der Waals surface area contributed by atoms with Crippen LogP contribution in [0, 0.1) is 10.1 Å². The number of para-hydroxylation sites is 1. The van der Waals surface area contributed by atoms with Crippen LogP contribution >= 0.6 is 0 Å². The van der Waals surface area contributed by atoms with E-state index in [0.29, 0.717) is 18.5 Å². The van der Waals surface area contributed by atoms with Crippen molar-refractivity contribution < 1.29 is 9.72 Å². The Morgan fingerprint density at radius 2 is 2.26 bits per heavy atom. The summed E-state index contributed by atoms with van der Waals surface area (Å²) >= 11 is 0. The molecule has 1 aromatic carbocycles. The van der Waals surface area contributed by atoms with Gasteiger partial charge in [0.2, 0.25) is 5.91 Å². The van der Waals surface area contributed by atoms with E-state index in [1.54, 1.807) is 18.2 Å². The van der Waals surface area contributed by atoms with Gasteiger partial charge < -0.3 is 10.6 Å². The fourth-order valence-corrected chi connectivity index (χ4v) is 2.28. The zero-order chi connectivity index (χ0) is 13.8. The minimum atomic E-state index is -0.370. The van der Waals surface area contributed by atoms with Crippen molar-refractivity contribution in [3.8, 4) is 0 Å². The normalized spacial score (nSPS) is 20.1. The van der Waals surface area contributed by atoms with Gasteiger partial charge in [-0.25, -0.2) is 0 Å². The van der Waals surface area contributed by atoms with E-state index in [1.807, 2.05) is 6.92 Å². The summed E-state index contributed by atoms with van der Waals surface area (Å²) in [5.41, 5.74) is 0.787. The van der Waals surface area contributed by atoms with Crippen molar-refractivity contribution in [1.82, 2.24) is 10.6 Å². The van der Waals surface area contributed by atoms with Gasteiger partial charge in [-0.2, -0.15) is 0 Å². The predicted molar refractivity (Wildman–Crippen MR) is 70.7 cm³/mol.